The molecule has 8 heteroatoms. The highest BCUT2D eigenvalue weighted by Gasteiger charge is 2.31. The number of hydrogen-bond acceptors (Lipinski definition) is 7. The Hall–Kier alpha value is -4.17. The first-order valence-electron chi connectivity index (χ1n) is 11.8. The van der Waals surface area contributed by atoms with Crippen molar-refractivity contribution in [3.63, 3.8) is 0 Å². The van der Waals surface area contributed by atoms with Crippen LogP contribution in [-0.4, -0.2) is 27.8 Å². The number of pyridine rings is 1. The van der Waals surface area contributed by atoms with E-state index >= 15 is 0 Å². The van der Waals surface area contributed by atoms with E-state index in [2.05, 4.69) is 21.2 Å². The van der Waals surface area contributed by atoms with Gasteiger partial charge in [0.25, 0.3) is 0 Å². The summed E-state index contributed by atoms with van der Waals surface area (Å²) >= 11 is 1.31. The normalized spacial score (nSPS) is 12.1. The quantitative estimate of drug-likeness (QED) is 0.264. The van der Waals surface area contributed by atoms with Gasteiger partial charge in [0.15, 0.2) is 5.06 Å². The van der Waals surface area contributed by atoms with Crippen molar-refractivity contribution in [3.8, 4) is 27.8 Å². The van der Waals surface area contributed by atoms with Crippen LogP contribution in [0.2, 0.25) is 0 Å². The molecule has 6 rings (SSSR count). The first-order chi connectivity index (χ1) is 17.7. The molecule has 0 atom stereocenters. The molecular weight excluding hydrogens is 474 g/mol. The molecule has 180 valence electrons. The molecule has 2 aromatic carbocycles. The number of fused-ring (bicyclic) bond motifs is 4. The number of aryl methyl sites for hydroxylation is 1. The molecule has 0 saturated carbocycles. The zero-order chi connectivity index (χ0) is 24.5. The molecule has 1 aliphatic rings. The number of nitrogens with zero attached hydrogens (tertiary/aromatic N) is 2. The third kappa shape index (κ3) is 4.20. The molecule has 0 fully saturated rings. The molecule has 0 spiro atoms. The number of benzene rings is 2. The fourth-order valence-corrected chi connectivity index (χ4v) is 5.52. The molecule has 7 nitrogen and oxygen atoms in total. The van der Waals surface area contributed by atoms with Crippen molar-refractivity contribution in [2.45, 2.75) is 26.4 Å². The third-order valence-electron chi connectivity index (χ3n) is 6.12. The van der Waals surface area contributed by atoms with Gasteiger partial charge in [-0.3, -0.25) is 5.10 Å². The van der Waals surface area contributed by atoms with E-state index in [1.54, 1.807) is 0 Å². The number of nitrogens with one attached hydrogen (secondary N) is 1. The predicted octanol–water partition coefficient (Wildman–Crippen LogP) is 6.33. The molecule has 3 aromatic heterocycles. The summed E-state index contributed by atoms with van der Waals surface area (Å²) in [6.07, 6.45) is 3.39. The lowest BCUT2D eigenvalue weighted by Gasteiger charge is -2.14. The maximum atomic E-state index is 12.6. The molecule has 0 bridgehead atoms. The largest absolute Gasteiger partial charge is 0.487 e. The summed E-state index contributed by atoms with van der Waals surface area (Å²) in [5.74, 6) is 1.05. The van der Waals surface area contributed by atoms with Crippen LogP contribution < -0.4 is 9.47 Å². The number of ether oxygens (including phenoxy) is 3. The molecule has 3 heterocycles. The standard InChI is InChI=1S/C28H23N3O4S/c1-2-33-27(32)26-22-14-8-18-15-29-31-25(18)24(22)28(36-26)35-21-12-10-20(11-13-21)34-16-19-9-7-17-5-3-4-6-23(17)30-19/h3-7,9-13,15H,2,8,14,16H2,1H3,(H,29,31). The second kappa shape index (κ2) is 9.47. The Kier molecular flexibility index (Phi) is 5.87. The highest BCUT2D eigenvalue weighted by Crippen LogP contribution is 2.48. The van der Waals surface area contributed by atoms with Crippen molar-refractivity contribution >= 4 is 28.2 Å². The van der Waals surface area contributed by atoms with Crippen molar-refractivity contribution in [2.75, 3.05) is 6.61 Å². The molecule has 0 radical (unpaired) electrons. The van der Waals surface area contributed by atoms with Gasteiger partial charge in [0.1, 0.15) is 23.0 Å². The number of para-hydroxylation sites is 1. The van der Waals surface area contributed by atoms with Gasteiger partial charge < -0.3 is 14.2 Å². The number of esters is 1. The second-order valence-electron chi connectivity index (χ2n) is 8.42. The lowest BCUT2D eigenvalue weighted by molar-refractivity contribution is 0.0531. The Morgan fingerprint density at radius 3 is 2.72 bits per heavy atom. The van der Waals surface area contributed by atoms with Crippen LogP contribution in [0.3, 0.4) is 0 Å². The lowest BCUT2D eigenvalue weighted by Crippen LogP contribution is -2.08. The highest BCUT2D eigenvalue weighted by molar-refractivity contribution is 7.16. The Bertz CT molecular complexity index is 1560. The molecule has 0 saturated heterocycles. The summed E-state index contributed by atoms with van der Waals surface area (Å²) in [4.78, 5) is 17.9. The fraction of sp³-hybridized carbons (Fsp3) is 0.179. The van der Waals surface area contributed by atoms with Crippen LogP contribution in [-0.2, 0) is 24.2 Å². The van der Waals surface area contributed by atoms with Crippen LogP contribution in [0.15, 0.2) is 66.9 Å². The summed E-state index contributed by atoms with van der Waals surface area (Å²) in [5, 5.41) is 9.03. The lowest BCUT2D eigenvalue weighted by atomic mass is 9.92. The third-order valence-corrected chi connectivity index (χ3v) is 7.21. The number of hydrogen-bond donors (Lipinski definition) is 1. The van der Waals surface area contributed by atoms with Crippen LogP contribution in [0.4, 0.5) is 0 Å². The van der Waals surface area contributed by atoms with E-state index in [4.69, 9.17) is 14.2 Å². The average molecular weight is 498 g/mol. The van der Waals surface area contributed by atoms with Gasteiger partial charge in [-0.05, 0) is 67.3 Å². The second-order valence-corrected chi connectivity index (χ2v) is 9.40. The Labute approximate surface area is 211 Å². The minimum Gasteiger partial charge on any atom is -0.487 e. The number of carbonyl (C=O) groups is 1. The van der Waals surface area contributed by atoms with E-state index in [9.17, 15) is 4.79 Å². The SMILES string of the molecule is CCOC(=O)c1sc(Oc2ccc(OCc3ccc4ccccc4n3)cc2)c2c1CCc1cn[nH]c1-2. The number of thiophene rings is 1. The van der Waals surface area contributed by atoms with Crippen LogP contribution in [0.25, 0.3) is 22.2 Å². The summed E-state index contributed by atoms with van der Waals surface area (Å²) in [6.45, 7) is 2.50. The van der Waals surface area contributed by atoms with Crippen molar-refractivity contribution in [1.82, 2.24) is 15.2 Å². The minimum absolute atomic E-state index is 0.317. The predicted molar refractivity (Wildman–Crippen MR) is 138 cm³/mol. The zero-order valence-electron chi connectivity index (χ0n) is 19.6. The summed E-state index contributed by atoms with van der Waals surface area (Å²) in [6, 6.07) is 19.5. The number of H-pyrrole nitrogens is 1. The number of carbonyl (C=O) groups excluding carboxylic acids is 1. The average Bonchev–Trinajstić information content (AvgIpc) is 3.53. The van der Waals surface area contributed by atoms with Gasteiger partial charge in [0.2, 0.25) is 0 Å². The minimum atomic E-state index is -0.317. The number of aromatic amines is 1. The maximum Gasteiger partial charge on any atom is 0.348 e. The Morgan fingerprint density at radius 2 is 1.86 bits per heavy atom. The summed E-state index contributed by atoms with van der Waals surface area (Å²) < 4.78 is 17.5. The van der Waals surface area contributed by atoms with E-state index < -0.39 is 0 Å². The Morgan fingerprint density at radius 1 is 1.03 bits per heavy atom. The van der Waals surface area contributed by atoms with Crippen LogP contribution in [0.1, 0.15) is 33.4 Å². The summed E-state index contributed by atoms with van der Waals surface area (Å²) in [7, 11) is 0. The highest BCUT2D eigenvalue weighted by atomic mass is 32.1. The van der Waals surface area contributed by atoms with Gasteiger partial charge in [-0.25, -0.2) is 9.78 Å². The van der Waals surface area contributed by atoms with Gasteiger partial charge in [-0.2, -0.15) is 5.10 Å². The maximum absolute atomic E-state index is 12.6. The molecule has 0 unspecified atom stereocenters. The van der Waals surface area contributed by atoms with Gasteiger partial charge in [-0.15, -0.1) is 0 Å². The molecule has 1 aliphatic carbocycles. The van der Waals surface area contributed by atoms with E-state index in [0.717, 1.165) is 51.8 Å². The molecule has 36 heavy (non-hydrogen) atoms. The van der Waals surface area contributed by atoms with Gasteiger partial charge in [0, 0.05) is 5.39 Å². The van der Waals surface area contributed by atoms with Crippen LogP contribution in [0, 0.1) is 0 Å². The Balaban J connectivity index is 1.21. The monoisotopic (exact) mass is 497 g/mol. The van der Waals surface area contributed by atoms with Crippen LogP contribution >= 0.6 is 11.3 Å². The smallest absolute Gasteiger partial charge is 0.348 e. The molecular formula is C28H23N3O4S. The first-order valence-corrected chi connectivity index (χ1v) is 12.6. The van der Waals surface area contributed by atoms with Crippen molar-refractivity contribution in [3.05, 3.63) is 88.6 Å². The van der Waals surface area contributed by atoms with E-state index in [1.165, 1.54) is 11.3 Å². The van der Waals surface area contributed by atoms with E-state index in [-0.39, 0.29) is 5.97 Å². The number of aromatic nitrogens is 3. The first kappa shape index (κ1) is 22.3. The van der Waals surface area contributed by atoms with Crippen molar-refractivity contribution in [2.24, 2.45) is 0 Å². The van der Waals surface area contributed by atoms with Gasteiger partial charge in [0.05, 0.1) is 35.3 Å². The van der Waals surface area contributed by atoms with E-state index in [1.807, 2.05) is 67.7 Å². The molecule has 1 N–H and O–H groups in total. The van der Waals surface area contributed by atoms with Crippen molar-refractivity contribution < 1.29 is 19.0 Å². The molecule has 0 amide bonds. The van der Waals surface area contributed by atoms with E-state index in [0.29, 0.717) is 34.7 Å². The number of rotatable bonds is 7. The van der Waals surface area contributed by atoms with Gasteiger partial charge >= 0.3 is 5.97 Å². The van der Waals surface area contributed by atoms with Crippen LogP contribution in [0.5, 0.6) is 16.6 Å². The zero-order valence-corrected chi connectivity index (χ0v) is 20.4. The fourth-order valence-electron chi connectivity index (χ4n) is 4.40. The summed E-state index contributed by atoms with van der Waals surface area (Å²) in [5.41, 5.74) is 5.68. The molecule has 5 aromatic rings. The molecule has 0 aliphatic heterocycles. The van der Waals surface area contributed by atoms with Gasteiger partial charge in [-0.1, -0.05) is 35.6 Å². The van der Waals surface area contributed by atoms with Crippen molar-refractivity contribution in [1.29, 1.82) is 0 Å². The topological polar surface area (TPSA) is 86.3 Å².